The van der Waals surface area contributed by atoms with Gasteiger partial charge in [-0.2, -0.15) is 0 Å². The van der Waals surface area contributed by atoms with Gasteiger partial charge >= 0.3 is 0 Å². The average molecular weight is 299 g/mol. The quantitative estimate of drug-likeness (QED) is 0.875. The Labute approximate surface area is 129 Å². The molecule has 3 heterocycles. The molecule has 116 valence electrons. The van der Waals surface area contributed by atoms with Crippen LogP contribution in [-0.2, 0) is 16.1 Å². The highest BCUT2D eigenvalue weighted by molar-refractivity contribution is 5.81. The summed E-state index contributed by atoms with van der Waals surface area (Å²) >= 11 is 0. The van der Waals surface area contributed by atoms with Gasteiger partial charge in [-0.25, -0.2) is 4.98 Å². The number of aromatic nitrogens is 2. The first-order valence-corrected chi connectivity index (χ1v) is 8.17. The SMILES string of the molecule is O=C(Cn1c(C2CCCO2)nc2ccccc21)N1CCCC1. The largest absolute Gasteiger partial charge is 0.370 e. The van der Waals surface area contributed by atoms with E-state index in [9.17, 15) is 4.79 Å². The number of imidazole rings is 1. The Balaban J connectivity index is 1.70. The van der Waals surface area contributed by atoms with Crippen molar-refractivity contribution in [1.29, 1.82) is 0 Å². The second kappa shape index (κ2) is 5.72. The summed E-state index contributed by atoms with van der Waals surface area (Å²) in [5.41, 5.74) is 1.97. The van der Waals surface area contributed by atoms with Crippen LogP contribution in [0.1, 0.15) is 37.6 Å². The first-order chi connectivity index (χ1) is 10.8. The van der Waals surface area contributed by atoms with Gasteiger partial charge in [0.15, 0.2) is 0 Å². The molecule has 5 heteroatoms. The lowest BCUT2D eigenvalue weighted by Crippen LogP contribution is -2.31. The molecule has 4 rings (SSSR count). The number of rotatable bonds is 3. The molecule has 2 fully saturated rings. The lowest BCUT2D eigenvalue weighted by atomic mass is 10.2. The van der Waals surface area contributed by atoms with Crippen molar-refractivity contribution in [3.63, 3.8) is 0 Å². The normalized spacial score (nSPS) is 21.8. The molecule has 1 aromatic carbocycles. The average Bonchev–Trinajstić information content (AvgIpc) is 3.28. The Hall–Kier alpha value is -1.88. The van der Waals surface area contributed by atoms with Crippen molar-refractivity contribution in [3.05, 3.63) is 30.1 Å². The molecule has 0 N–H and O–H groups in total. The molecule has 0 saturated carbocycles. The number of carbonyl (C=O) groups is 1. The van der Waals surface area contributed by atoms with Crippen LogP contribution < -0.4 is 0 Å². The van der Waals surface area contributed by atoms with Crippen molar-refractivity contribution >= 4 is 16.9 Å². The molecule has 0 aliphatic carbocycles. The van der Waals surface area contributed by atoms with Crippen molar-refractivity contribution in [2.24, 2.45) is 0 Å². The second-order valence-corrected chi connectivity index (χ2v) is 6.13. The fourth-order valence-corrected chi connectivity index (χ4v) is 3.49. The zero-order valence-electron chi connectivity index (χ0n) is 12.7. The molecular weight excluding hydrogens is 278 g/mol. The Morgan fingerprint density at radius 2 is 2.05 bits per heavy atom. The summed E-state index contributed by atoms with van der Waals surface area (Å²) in [6, 6.07) is 8.03. The molecule has 5 nitrogen and oxygen atoms in total. The van der Waals surface area contributed by atoms with Crippen LogP contribution in [0.4, 0.5) is 0 Å². The second-order valence-electron chi connectivity index (χ2n) is 6.13. The number of likely N-dealkylation sites (tertiary alicyclic amines) is 1. The topological polar surface area (TPSA) is 47.4 Å². The van der Waals surface area contributed by atoms with E-state index in [4.69, 9.17) is 9.72 Å². The molecule has 1 unspecified atom stereocenters. The lowest BCUT2D eigenvalue weighted by Gasteiger charge is -2.18. The minimum Gasteiger partial charge on any atom is -0.370 e. The molecule has 1 amide bonds. The third kappa shape index (κ3) is 2.39. The van der Waals surface area contributed by atoms with E-state index in [0.717, 1.165) is 62.2 Å². The Morgan fingerprint density at radius 1 is 1.23 bits per heavy atom. The highest BCUT2D eigenvalue weighted by Crippen LogP contribution is 2.30. The van der Waals surface area contributed by atoms with Crippen LogP contribution in [0.3, 0.4) is 0 Å². The van der Waals surface area contributed by atoms with E-state index < -0.39 is 0 Å². The summed E-state index contributed by atoms with van der Waals surface area (Å²) < 4.78 is 7.87. The van der Waals surface area contributed by atoms with E-state index in [0.29, 0.717) is 6.54 Å². The molecule has 0 spiro atoms. The number of para-hydroxylation sites is 2. The molecule has 2 aromatic rings. The smallest absolute Gasteiger partial charge is 0.242 e. The molecule has 2 saturated heterocycles. The van der Waals surface area contributed by atoms with E-state index >= 15 is 0 Å². The number of hydrogen-bond donors (Lipinski definition) is 0. The standard InChI is InChI=1S/C17H21N3O2/c21-16(19-9-3-4-10-19)12-20-14-7-2-1-6-13(14)18-17(20)15-8-5-11-22-15/h1-2,6-7,15H,3-5,8-12H2. The van der Waals surface area contributed by atoms with Crippen molar-refractivity contribution in [2.45, 2.75) is 38.3 Å². The van der Waals surface area contributed by atoms with Gasteiger partial charge in [0.05, 0.1) is 11.0 Å². The summed E-state index contributed by atoms with van der Waals surface area (Å²) in [4.78, 5) is 19.3. The molecule has 0 radical (unpaired) electrons. The van der Waals surface area contributed by atoms with Crippen molar-refractivity contribution in [2.75, 3.05) is 19.7 Å². The maximum absolute atomic E-state index is 12.6. The fourth-order valence-electron chi connectivity index (χ4n) is 3.49. The van der Waals surface area contributed by atoms with Crippen LogP contribution in [-0.4, -0.2) is 40.1 Å². The van der Waals surface area contributed by atoms with E-state index in [1.165, 1.54) is 0 Å². The lowest BCUT2D eigenvalue weighted by molar-refractivity contribution is -0.130. The van der Waals surface area contributed by atoms with Gasteiger partial charge in [0, 0.05) is 19.7 Å². The predicted molar refractivity (Wildman–Crippen MR) is 83.5 cm³/mol. The van der Waals surface area contributed by atoms with Crippen LogP contribution in [0, 0.1) is 0 Å². The Kier molecular flexibility index (Phi) is 3.58. The number of nitrogens with zero attached hydrogens (tertiary/aromatic N) is 3. The predicted octanol–water partition coefficient (Wildman–Crippen LogP) is 2.51. The summed E-state index contributed by atoms with van der Waals surface area (Å²) in [6.45, 7) is 2.94. The number of carbonyl (C=O) groups excluding carboxylic acids is 1. The maximum atomic E-state index is 12.6. The van der Waals surface area contributed by atoms with Crippen molar-refractivity contribution in [1.82, 2.24) is 14.5 Å². The van der Waals surface area contributed by atoms with Gasteiger partial charge in [0.1, 0.15) is 18.5 Å². The third-order valence-corrected chi connectivity index (χ3v) is 4.65. The van der Waals surface area contributed by atoms with E-state index in [1.54, 1.807) is 0 Å². The molecule has 2 aliphatic heterocycles. The third-order valence-electron chi connectivity index (χ3n) is 4.65. The molecule has 22 heavy (non-hydrogen) atoms. The van der Waals surface area contributed by atoms with Gasteiger partial charge < -0.3 is 14.2 Å². The van der Waals surface area contributed by atoms with Crippen molar-refractivity contribution in [3.8, 4) is 0 Å². The first-order valence-electron chi connectivity index (χ1n) is 8.17. The summed E-state index contributed by atoms with van der Waals surface area (Å²) in [7, 11) is 0. The zero-order chi connectivity index (χ0) is 14.9. The van der Waals surface area contributed by atoms with E-state index in [1.807, 2.05) is 29.2 Å². The fraction of sp³-hybridized carbons (Fsp3) is 0.529. The Bertz CT molecular complexity index is 682. The van der Waals surface area contributed by atoms with Gasteiger partial charge in [-0.05, 0) is 37.8 Å². The summed E-state index contributed by atoms with van der Waals surface area (Å²) in [6.07, 6.45) is 4.32. The molecule has 2 aliphatic rings. The van der Waals surface area contributed by atoms with Gasteiger partial charge in [0.2, 0.25) is 5.91 Å². The minimum atomic E-state index is 0.0266. The zero-order valence-corrected chi connectivity index (χ0v) is 12.7. The molecular formula is C17H21N3O2. The van der Waals surface area contributed by atoms with Crippen LogP contribution >= 0.6 is 0 Å². The summed E-state index contributed by atoms with van der Waals surface area (Å²) in [5.74, 6) is 1.10. The first kappa shape index (κ1) is 13.8. The van der Waals surface area contributed by atoms with Crippen LogP contribution in [0.25, 0.3) is 11.0 Å². The van der Waals surface area contributed by atoms with Gasteiger partial charge in [0.25, 0.3) is 0 Å². The van der Waals surface area contributed by atoms with Gasteiger partial charge in [-0.3, -0.25) is 4.79 Å². The number of amides is 1. The number of benzene rings is 1. The molecule has 0 bridgehead atoms. The maximum Gasteiger partial charge on any atom is 0.242 e. The van der Waals surface area contributed by atoms with Crippen LogP contribution in [0.2, 0.25) is 0 Å². The number of ether oxygens (including phenoxy) is 1. The minimum absolute atomic E-state index is 0.0266. The van der Waals surface area contributed by atoms with E-state index in [2.05, 4.69) is 4.57 Å². The number of fused-ring (bicyclic) bond motifs is 1. The van der Waals surface area contributed by atoms with Crippen LogP contribution in [0.15, 0.2) is 24.3 Å². The molecule has 1 atom stereocenters. The number of hydrogen-bond acceptors (Lipinski definition) is 3. The summed E-state index contributed by atoms with van der Waals surface area (Å²) in [5, 5.41) is 0. The highest BCUT2D eigenvalue weighted by Gasteiger charge is 2.26. The highest BCUT2D eigenvalue weighted by atomic mass is 16.5. The van der Waals surface area contributed by atoms with Crippen molar-refractivity contribution < 1.29 is 9.53 Å². The Morgan fingerprint density at radius 3 is 2.82 bits per heavy atom. The monoisotopic (exact) mass is 299 g/mol. The van der Waals surface area contributed by atoms with Gasteiger partial charge in [-0.15, -0.1) is 0 Å². The van der Waals surface area contributed by atoms with E-state index in [-0.39, 0.29) is 12.0 Å². The molecule has 1 aromatic heterocycles. The van der Waals surface area contributed by atoms with Crippen LogP contribution in [0.5, 0.6) is 0 Å². The van der Waals surface area contributed by atoms with Gasteiger partial charge in [-0.1, -0.05) is 12.1 Å².